The number of aromatic nitrogens is 2. The average molecular weight is 460 g/mol. The molecule has 0 spiro atoms. The maximum atomic E-state index is 12.8. The van der Waals surface area contributed by atoms with E-state index in [1.807, 2.05) is 18.3 Å². The molecule has 9 nitrogen and oxygen atoms in total. The first kappa shape index (κ1) is 20.9. The molecule has 0 saturated carbocycles. The van der Waals surface area contributed by atoms with Gasteiger partial charge in [-0.2, -0.15) is 5.10 Å². The summed E-state index contributed by atoms with van der Waals surface area (Å²) < 4.78 is 5.97. The second-order valence-corrected chi connectivity index (χ2v) is 9.24. The van der Waals surface area contributed by atoms with E-state index in [0.717, 1.165) is 41.9 Å². The van der Waals surface area contributed by atoms with Crippen LogP contribution >= 0.6 is 0 Å². The van der Waals surface area contributed by atoms with Crippen molar-refractivity contribution in [2.75, 3.05) is 26.2 Å². The Bertz CT molecular complexity index is 1300. The molecule has 6 rings (SSSR count). The van der Waals surface area contributed by atoms with Crippen LogP contribution in [0.2, 0.25) is 0 Å². The Balaban J connectivity index is 1.01. The lowest BCUT2D eigenvalue weighted by Gasteiger charge is -2.39. The molecule has 9 heteroatoms. The van der Waals surface area contributed by atoms with Crippen molar-refractivity contribution in [3.63, 3.8) is 0 Å². The number of amides is 3. The third kappa shape index (κ3) is 3.71. The van der Waals surface area contributed by atoms with Crippen LogP contribution in [0.3, 0.4) is 0 Å². The molecule has 2 aromatic carbocycles. The fourth-order valence-corrected chi connectivity index (χ4v) is 5.11. The Morgan fingerprint density at radius 2 is 1.97 bits per heavy atom. The van der Waals surface area contributed by atoms with Gasteiger partial charge in [0.2, 0.25) is 11.8 Å². The predicted molar refractivity (Wildman–Crippen MR) is 123 cm³/mol. The number of hydrogen-bond donors (Lipinski definition) is 2. The number of hydrogen-bond acceptors (Lipinski definition) is 6. The number of likely N-dealkylation sites (tertiary alicyclic amines) is 1. The molecule has 3 amide bonds. The number of nitrogens with zero attached hydrogens (tertiary/aromatic N) is 3. The highest BCUT2D eigenvalue weighted by molar-refractivity contribution is 6.05. The lowest BCUT2D eigenvalue weighted by Crippen LogP contribution is -2.52. The summed E-state index contributed by atoms with van der Waals surface area (Å²) in [5.41, 5.74) is 3.85. The van der Waals surface area contributed by atoms with E-state index < -0.39 is 11.9 Å². The van der Waals surface area contributed by atoms with Crippen LogP contribution in [0.5, 0.6) is 5.75 Å². The zero-order chi connectivity index (χ0) is 23.2. The summed E-state index contributed by atoms with van der Waals surface area (Å²) in [4.78, 5) is 40.3. The van der Waals surface area contributed by atoms with Gasteiger partial charge in [-0.1, -0.05) is 6.07 Å². The third-order valence-electron chi connectivity index (χ3n) is 7.06. The molecule has 1 unspecified atom stereocenters. The molecule has 174 valence electrons. The Kier molecular flexibility index (Phi) is 5.06. The van der Waals surface area contributed by atoms with Gasteiger partial charge >= 0.3 is 0 Å². The zero-order valence-corrected chi connectivity index (χ0v) is 18.6. The summed E-state index contributed by atoms with van der Waals surface area (Å²) in [6.07, 6.45) is 2.47. The average Bonchev–Trinajstić information content (AvgIpc) is 3.39. The first-order valence-corrected chi connectivity index (χ1v) is 11.6. The van der Waals surface area contributed by atoms with Crippen molar-refractivity contribution in [2.45, 2.75) is 31.3 Å². The van der Waals surface area contributed by atoms with Gasteiger partial charge in [-0.15, -0.1) is 0 Å². The van der Waals surface area contributed by atoms with E-state index in [9.17, 15) is 14.4 Å². The normalized spacial score (nSPS) is 21.0. The molecule has 0 aliphatic carbocycles. The number of carbonyl (C=O) groups excluding carboxylic acids is 3. The van der Waals surface area contributed by atoms with Gasteiger partial charge in [0.25, 0.3) is 5.91 Å². The summed E-state index contributed by atoms with van der Waals surface area (Å²) in [5.74, 6) is 0.402. The van der Waals surface area contributed by atoms with Crippen LogP contribution in [0.4, 0.5) is 0 Å². The second kappa shape index (κ2) is 8.25. The van der Waals surface area contributed by atoms with E-state index in [0.29, 0.717) is 31.1 Å². The van der Waals surface area contributed by atoms with Crippen LogP contribution in [0.25, 0.3) is 10.9 Å². The molecule has 3 aliphatic rings. The highest BCUT2D eigenvalue weighted by atomic mass is 16.5. The fraction of sp³-hybridized carbons (Fsp3) is 0.360. The number of piperidine rings is 1. The first-order valence-electron chi connectivity index (χ1n) is 11.6. The molecule has 3 aliphatic heterocycles. The molecule has 3 aromatic rings. The summed E-state index contributed by atoms with van der Waals surface area (Å²) in [5, 5.41) is 10.5. The lowest BCUT2D eigenvalue weighted by atomic mass is 9.91. The molecule has 4 heterocycles. The summed E-state index contributed by atoms with van der Waals surface area (Å²) >= 11 is 0. The van der Waals surface area contributed by atoms with Crippen LogP contribution < -0.4 is 10.1 Å². The molecule has 2 saturated heterocycles. The Hall–Kier alpha value is -3.72. The van der Waals surface area contributed by atoms with Crippen molar-refractivity contribution in [1.29, 1.82) is 0 Å². The van der Waals surface area contributed by atoms with Crippen LogP contribution in [-0.4, -0.2) is 70.0 Å². The highest BCUT2D eigenvalue weighted by Crippen LogP contribution is 2.31. The number of carbonyl (C=O) groups is 3. The topological polar surface area (TPSA) is 108 Å². The number of ether oxygens (including phenoxy) is 1. The van der Waals surface area contributed by atoms with Gasteiger partial charge in [0.15, 0.2) is 0 Å². The number of aromatic amines is 1. The molecule has 0 bridgehead atoms. The molecular formula is C25H25N5O4. The third-order valence-corrected chi connectivity index (χ3v) is 7.06. The van der Waals surface area contributed by atoms with Crippen molar-refractivity contribution in [3.8, 4) is 5.75 Å². The molecule has 2 N–H and O–H groups in total. The molecule has 34 heavy (non-hydrogen) atoms. The van der Waals surface area contributed by atoms with Crippen molar-refractivity contribution >= 4 is 28.6 Å². The van der Waals surface area contributed by atoms with E-state index in [4.69, 9.17) is 4.74 Å². The zero-order valence-electron chi connectivity index (χ0n) is 18.6. The number of rotatable bonds is 6. The van der Waals surface area contributed by atoms with Crippen LogP contribution in [0.15, 0.2) is 42.6 Å². The summed E-state index contributed by atoms with van der Waals surface area (Å²) in [7, 11) is 0. The standard InChI is InChI=1S/C25H25N5O4/c31-23-6-5-22(24(32)27-23)30-14-17-10-19(2-3-20(17)25(30)33)34-8-7-29-12-18(13-29)15-1-4-21-16(9-15)11-26-28-21/h1-4,9-11,18,22H,5-8,12-14H2,(H,26,28)(H,27,31,32). The largest absolute Gasteiger partial charge is 0.492 e. The minimum Gasteiger partial charge on any atom is -0.492 e. The maximum Gasteiger partial charge on any atom is 0.255 e. The predicted octanol–water partition coefficient (Wildman–Crippen LogP) is 1.80. The van der Waals surface area contributed by atoms with E-state index in [-0.39, 0.29) is 18.2 Å². The maximum absolute atomic E-state index is 12.8. The van der Waals surface area contributed by atoms with E-state index in [1.165, 1.54) is 5.56 Å². The van der Waals surface area contributed by atoms with E-state index >= 15 is 0 Å². The Morgan fingerprint density at radius 1 is 1.09 bits per heavy atom. The molecule has 1 aromatic heterocycles. The highest BCUT2D eigenvalue weighted by Gasteiger charge is 2.39. The van der Waals surface area contributed by atoms with Crippen LogP contribution in [0.1, 0.15) is 40.2 Å². The number of imide groups is 1. The Morgan fingerprint density at radius 3 is 2.82 bits per heavy atom. The smallest absolute Gasteiger partial charge is 0.255 e. The van der Waals surface area contributed by atoms with Gasteiger partial charge in [-0.25, -0.2) is 0 Å². The minimum absolute atomic E-state index is 0.170. The number of benzene rings is 2. The summed E-state index contributed by atoms with van der Waals surface area (Å²) in [6, 6.07) is 11.3. The second-order valence-electron chi connectivity index (χ2n) is 9.24. The van der Waals surface area contributed by atoms with Gasteiger partial charge in [-0.05, 0) is 47.9 Å². The number of H-pyrrole nitrogens is 1. The lowest BCUT2D eigenvalue weighted by molar-refractivity contribution is -0.136. The molecule has 0 radical (unpaired) electrons. The Labute approximate surface area is 196 Å². The molecular weight excluding hydrogens is 434 g/mol. The van der Waals surface area contributed by atoms with E-state index in [1.54, 1.807) is 11.0 Å². The quantitative estimate of drug-likeness (QED) is 0.545. The monoisotopic (exact) mass is 459 g/mol. The van der Waals surface area contributed by atoms with Crippen molar-refractivity contribution < 1.29 is 19.1 Å². The minimum atomic E-state index is -0.601. The van der Waals surface area contributed by atoms with Crippen molar-refractivity contribution in [3.05, 3.63) is 59.3 Å². The van der Waals surface area contributed by atoms with Gasteiger partial charge < -0.3 is 9.64 Å². The number of nitrogens with one attached hydrogen (secondary N) is 2. The van der Waals surface area contributed by atoms with E-state index in [2.05, 4.69) is 38.6 Å². The molecule has 1 atom stereocenters. The summed E-state index contributed by atoms with van der Waals surface area (Å²) in [6.45, 7) is 3.77. The van der Waals surface area contributed by atoms with Gasteiger partial charge in [0, 0.05) is 49.5 Å². The first-order chi connectivity index (χ1) is 16.5. The van der Waals surface area contributed by atoms with Crippen LogP contribution in [0, 0.1) is 0 Å². The van der Waals surface area contributed by atoms with Gasteiger partial charge in [-0.3, -0.25) is 29.7 Å². The van der Waals surface area contributed by atoms with Crippen molar-refractivity contribution in [2.24, 2.45) is 0 Å². The fourth-order valence-electron chi connectivity index (χ4n) is 5.11. The SMILES string of the molecule is O=C1CCC(N2Cc3cc(OCCN4CC(c5ccc6[nH]ncc6c5)C4)ccc3C2=O)C(=O)N1. The number of fused-ring (bicyclic) bond motifs is 2. The van der Waals surface area contributed by atoms with Crippen LogP contribution in [-0.2, 0) is 16.1 Å². The molecule has 2 fully saturated rings. The van der Waals surface area contributed by atoms with Gasteiger partial charge in [0.05, 0.1) is 11.7 Å². The van der Waals surface area contributed by atoms with Gasteiger partial charge in [0.1, 0.15) is 18.4 Å². The van der Waals surface area contributed by atoms with Crippen molar-refractivity contribution in [1.82, 2.24) is 25.3 Å².